The highest BCUT2D eigenvalue weighted by atomic mass is 16.2. The number of benzene rings is 2. The molecule has 3 aromatic rings. The molecule has 0 saturated carbocycles. The Bertz CT molecular complexity index is 905. The second-order valence-corrected chi connectivity index (χ2v) is 5.96. The predicted octanol–water partition coefficient (Wildman–Crippen LogP) is 1.95. The molecule has 2 amide bonds. The van der Waals surface area contributed by atoms with Crippen molar-refractivity contribution in [3.63, 3.8) is 0 Å². The van der Waals surface area contributed by atoms with Gasteiger partial charge in [0.2, 0.25) is 11.7 Å². The molecule has 27 heavy (non-hydrogen) atoms. The highest BCUT2D eigenvalue weighted by Crippen LogP contribution is 2.12. The van der Waals surface area contributed by atoms with Crippen LogP contribution in [-0.4, -0.2) is 32.0 Å². The number of nitrogens with one attached hydrogen (secondary N) is 2. The van der Waals surface area contributed by atoms with Crippen molar-refractivity contribution in [2.24, 2.45) is 0 Å². The van der Waals surface area contributed by atoms with Gasteiger partial charge in [-0.05, 0) is 29.3 Å². The molecule has 0 saturated heterocycles. The van der Waals surface area contributed by atoms with E-state index in [1.807, 2.05) is 49.4 Å². The number of nitrogens with zero attached hydrogens (tertiary/aromatic N) is 4. The monoisotopic (exact) mass is 364 g/mol. The van der Waals surface area contributed by atoms with Crippen molar-refractivity contribution in [2.75, 3.05) is 0 Å². The van der Waals surface area contributed by atoms with Crippen LogP contribution >= 0.6 is 0 Å². The summed E-state index contributed by atoms with van der Waals surface area (Å²) >= 11 is 0. The van der Waals surface area contributed by atoms with E-state index in [9.17, 15) is 9.59 Å². The third kappa shape index (κ3) is 4.97. The number of tetrazole rings is 1. The fourth-order valence-corrected chi connectivity index (χ4v) is 2.43. The molecule has 0 atom stereocenters. The van der Waals surface area contributed by atoms with Gasteiger partial charge in [-0.3, -0.25) is 20.4 Å². The predicted molar refractivity (Wildman–Crippen MR) is 99.3 cm³/mol. The van der Waals surface area contributed by atoms with Gasteiger partial charge in [0.15, 0.2) is 0 Å². The lowest BCUT2D eigenvalue weighted by molar-refractivity contribution is -0.121. The number of hydrogen-bond donors (Lipinski definition) is 2. The summed E-state index contributed by atoms with van der Waals surface area (Å²) in [5.41, 5.74) is 7.06. The Morgan fingerprint density at radius 3 is 2.44 bits per heavy atom. The van der Waals surface area contributed by atoms with Crippen molar-refractivity contribution in [3.05, 3.63) is 65.7 Å². The summed E-state index contributed by atoms with van der Waals surface area (Å²) in [5, 5.41) is 12.5. The number of hydrazine groups is 1. The fraction of sp³-hybridized carbons (Fsp3) is 0.211. The van der Waals surface area contributed by atoms with Crippen LogP contribution in [0.25, 0.3) is 11.4 Å². The first-order valence-electron chi connectivity index (χ1n) is 8.67. The third-order valence-corrected chi connectivity index (χ3v) is 3.82. The lowest BCUT2D eigenvalue weighted by atomic mass is 10.1. The van der Waals surface area contributed by atoms with Crippen molar-refractivity contribution >= 4 is 11.8 Å². The van der Waals surface area contributed by atoms with E-state index in [2.05, 4.69) is 26.3 Å². The lowest BCUT2D eigenvalue weighted by Crippen LogP contribution is -2.41. The molecule has 0 bridgehead atoms. The van der Waals surface area contributed by atoms with E-state index in [4.69, 9.17) is 0 Å². The second kappa shape index (κ2) is 8.70. The second-order valence-electron chi connectivity index (χ2n) is 5.96. The third-order valence-electron chi connectivity index (χ3n) is 3.82. The van der Waals surface area contributed by atoms with Gasteiger partial charge in [0.25, 0.3) is 5.91 Å². The van der Waals surface area contributed by atoms with E-state index < -0.39 is 0 Å². The molecule has 0 spiro atoms. The zero-order chi connectivity index (χ0) is 19.1. The van der Waals surface area contributed by atoms with E-state index in [1.165, 1.54) is 4.80 Å². The molecular weight excluding hydrogens is 344 g/mol. The lowest BCUT2D eigenvalue weighted by Gasteiger charge is -2.07. The molecular formula is C19H20N6O2. The fourth-order valence-electron chi connectivity index (χ4n) is 2.43. The van der Waals surface area contributed by atoms with Gasteiger partial charge in [0.1, 0.15) is 0 Å². The van der Waals surface area contributed by atoms with E-state index in [1.54, 1.807) is 12.1 Å². The average molecular weight is 364 g/mol. The molecule has 0 radical (unpaired) electrons. The smallest absolute Gasteiger partial charge is 0.269 e. The molecule has 2 N–H and O–H groups in total. The van der Waals surface area contributed by atoms with Gasteiger partial charge >= 0.3 is 0 Å². The molecule has 0 aliphatic heterocycles. The number of carbonyl (C=O) groups is 2. The first kappa shape index (κ1) is 18.2. The van der Waals surface area contributed by atoms with Crippen LogP contribution in [0.5, 0.6) is 0 Å². The Morgan fingerprint density at radius 1 is 1.00 bits per heavy atom. The van der Waals surface area contributed by atoms with Gasteiger partial charge in [-0.1, -0.05) is 49.4 Å². The van der Waals surface area contributed by atoms with Crippen molar-refractivity contribution < 1.29 is 9.59 Å². The van der Waals surface area contributed by atoms with E-state index in [-0.39, 0.29) is 11.8 Å². The maximum atomic E-state index is 12.0. The quantitative estimate of drug-likeness (QED) is 0.651. The first-order chi connectivity index (χ1) is 13.2. The largest absolute Gasteiger partial charge is 0.273 e. The number of hydrogen-bond acceptors (Lipinski definition) is 5. The molecule has 138 valence electrons. The zero-order valence-corrected chi connectivity index (χ0v) is 14.9. The summed E-state index contributed by atoms with van der Waals surface area (Å²) in [6.07, 6.45) is 1.09. The van der Waals surface area contributed by atoms with Crippen molar-refractivity contribution in [3.8, 4) is 11.4 Å². The van der Waals surface area contributed by atoms with Gasteiger partial charge in [-0.25, -0.2) is 0 Å². The summed E-state index contributed by atoms with van der Waals surface area (Å²) in [5.74, 6) is -0.0142. The van der Waals surface area contributed by atoms with Gasteiger partial charge in [-0.15, -0.1) is 10.2 Å². The molecule has 1 aromatic heterocycles. The van der Waals surface area contributed by atoms with Crippen LogP contribution < -0.4 is 10.9 Å². The molecule has 3 rings (SSSR count). The number of rotatable bonds is 6. The molecule has 2 aromatic carbocycles. The van der Waals surface area contributed by atoms with E-state index in [0.29, 0.717) is 24.4 Å². The van der Waals surface area contributed by atoms with Gasteiger partial charge in [-0.2, -0.15) is 4.80 Å². The molecule has 0 aliphatic rings. The van der Waals surface area contributed by atoms with Crippen molar-refractivity contribution in [2.45, 2.75) is 26.3 Å². The van der Waals surface area contributed by atoms with Crippen LogP contribution in [0.2, 0.25) is 0 Å². The minimum Gasteiger partial charge on any atom is -0.273 e. The first-order valence-corrected chi connectivity index (χ1v) is 8.67. The van der Waals surface area contributed by atoms with Crippen LogP contribution in [0.1, 0.15) is 35.7 Å². The van der Waals surface area contributed by atoms with Crippen molar-refractivity contribution in [1.82, 2.24) is 31.1 Å². The van der Waals surface area contributed by atoms with Gasteiger partial charge in [0.05, 0.1) is 6.54 Å². The molecule has 8 heteroatoms. The molecule has 0 aliphatic carbocycles. The van der Waals surface area contributed by atoms with Crippen LogP contribution in [0, 0.1) is 0 Å². The van der Waals surface area contributed by atoms with E-state index >= 15 is 0 Å². The maximum absolute atomic E-state index is 12.0. The average Bonchev–Trinajstić information content (AvgIpc) is 3.16. The van der Waals surface area contributed by atoms with Gasteiger partial charge < -0.3 is 0 Å². The summed E-state index contributed by atoms with van der Waals surface area (Å²) in [7, 11) is 0. The zero-order valence-electron chi connectivity index (χ0n) is 14.9. The summed E-state index contributed by atoms with van der Waals surface area (Å²) in [6.45, 7) is 2.34. The standard InChI is InChI=1S/C19H20N6O2/c1-2-6-17(26)20-22-19(27)16-11-9-14(10-12-16)13-25-23-18(21-24-25)15-7-4-3-5-8-15/h3-5,7-12H,2,6,13H2,1H3,(H,20,26)(H,22,27). The Morgan fingerprint density at radius 2 is 1.74 bits per heavy atom. The minimum atomic E-state index is -0.365. The molecule has 1 heterocycles. The SMILES string of the molecule is CCCC(=O)NNC(=O)c1ccc(Cn2nnc(-c3ccccc3)n2)cc1. The summed E-state index contributed by atoms with van der Waals surface area (Å²) in [6, 6.07) is 16.6. The highest BCUT2D eigenvalue weighted by Gasteiger charge is 2.09. The van der Waals surface area contributed by atoms with Gasteiger partial charge in [0, 0.05) is 17.5 Å². The topological polar surface area (TPSA) is 102 Å². The Hall–Kier alpha value is -3.55. The number of amides is 2. The number of aromatic nitrogens is 4. The van der Waals surface area contributed by atoms with Crippen molar-refractivity contribution in [1.29, 1.82) is 0 Å². The van der Waals surface area contributed by atoms with Crippen LogP contribution in [0.3, 0.4) is 0 Å². The Kier molecular flexibility index (Phi) is 5.88. The molecule has 0 unspecified atom stereocenters. The Labute approximate surface area is 156 Å². The summed E-state index contributed by atoms with van der Waals surface area (Å²) < 4.78 is 0. The highest BCUT2D eigenvalue weighted by molar-refractivity contribution is 5.95. The number of carbonyl (C=O) groups excluding carboxylic acids is 2. The Balaban J connectivity index is 1.59. The van der Waals surface area contributed by atoms with Crippen LogP contribution in [0.15, 0.2) is 54.6 Å². The van der Waals surface area contributed by atoms with E-state index in [0.717, 1.165) is 17.5 Å². The molecule has 0 fully saturated rings. The van der Waals surface area contributed by atoms with Crippen LogP contribution in [0.4, 0.5) is 0 Å². The minimum absolute atomic E-state index is 0.214. The maximum Gasteiger partial charge on any atom is 0.269 e. The molecule has 8 nitrogen and oxygen atoms in total. The van der Waals surface area contributed by atoms with Crippen LogP contribution in [-0.2, 0) is 11.3 Å². The normalized spacial score (nSPS) is 10.4. The summed E-state index contributed by atoms with van der Waals surface area (Å²) in [4.78, 5) is 24.9.